The van der Waals surface area contributed by atoms with E-state index in [2.05, 4.69) is 16.0 Å². The molecule has 0 heterocycles. The van der Waals surface area contributed by atoms with Gasteiger partial charge in [-0.2, -0.15) is 11.8 Å². The van der Waals surface area contributed by atoms with Crippen molar-refractivity contribution in [2.75, 3.05) is 12.0 Å². The Bertz CT molecular complexity index is 631. The molecule has 6 N–H and O–H groups in total. The molecule has 186 valence electrons. The number of aliphatic carboxylic acids is 1. The molecule has 0 aromatic rings. The van der Waals surface area contributed by atoms with Crippen LogP contribution >= 0.6 is 11.8 Å². The van der Waals surface area contributed by atoms with Gasteiger partial charge in [0.25, 0.3) is 0 Å². The molecule has 0 aliphatic heterocycles. The van der Waals surface area contributed by atoms with E-state index in [4.69, 9.17) is 5.73 Å². The standard InChI is InChI=1S/C22H42N4O5S/c1-8-13(5)17(20(28)24-15(22(30)31)10-11-32-7)26-21(29)18(14(6)9-2)25-19(27)16(23)12(3)4/h12-18H,8-11,23H2,1-7H3,(H,24,28)(H,25,27)(H,26,29)(H,30,31). The van der Waals surface area contributed by atoms with Crippen molar-refractivity contribution in [3.63, 3.8) is 0 Å². The van der Waals surface area contributed by atoms with Gasteiger partial charge in [0, 0.05) is 0 Å². The largest absolute Gasteiger partial charge is 0.480 e. The van der Waals surface area contributed by atoms with E-state index in [1.165, 1.54) is 11.8 Å². The second-order valence-electron chi connectivity index (χ2n) is 8.69. The lowest BCUT2D eigenvalue weighted by molar-refractivity contribution is -0.142. The van der Waals surface area contributed by atoms with E-state index < -0.39 is 47.9 Å². The van der Waals surface area contributed by atoms with Crippen molar-refractivity contribution in [2.24, 2.45) is 23.5 Å². The molecular formula is C22H42N4O5S. The normalized spacial score (nSPS) is 16.9. The van der Waals surface area contributed by atoms with Crippen molar-refractivity contribution in [1.29, 1.82) is 0 Å². The number of carbonyl (C=O) groups excluding carboxylic acids is 3. The Balaban J connectivity index is 5.58. The fraction of sp³-hybridized carbons (Fsp3) is 0.818. The molecule has 0 aromatic carbocycles. The zero-order valence-corrected chi connectivity index (χ0v) is 21.3. The second kappa shape index (κ2) is 15.1. The van der Waals surface area contributed by atoms with Gasteiger partial charge in [-0.25, -0.2) is 4.79 Å². The summed E-state index contributed by atoms with van der Waals surface area (Å²) >= 11 is 1.49. The van der Waals surface area contributed by atoms with Gasteiger partial charge in [-0.15, -0.1) is 0 Å². The Hall–Kier alpha value is -1.81. The summed E-state index contributed by atoms with van der Waals surface area (Å²) in [6.07, 6.45) is 3.37. The van der Waals surface area contributed by atoms with E-state index in [0.29, 0.717) is 18.6 Å². The number of carbonyl (C=O) groups is 4. The average molecular weight is 475 g/mol. The van der Waals surface area contributed by atoms with Crippen molar-refractivity contribution >= 4 is 35.5 Å². The molecular weight excluding hydrogens is 432 g/mol. The smallest absolute Gasteiger partial charge is 0.326 e. The monoisotopic (exact) mass is 474 g/mol. The van der Waals surface area contributed by atoms with Crippen LogP contribution in [0.5, 0.6) is 0 Å². The van der Waals surface area contributed by atoms with Crippen molar-refractivity contribution < 1.29 is 24.3 Å². The number of amides is 3. The van der Waals surface area contributed by atoms with Crippen LogP contribution in [0.25, 0.3) is 0 Å². The molecule has 0 aromatic heterocycles. The third-order valence-electron chi connectivity index (χ3n) is 5.83. The van der Waals surface area contributed by atoms with Crippen molar-refractivity contribution in [3.05, 3.63) is 0 Å². The highest BCUT2D eigenvalue weighted by molar-refractivity contribution is 7.98. The number of carboxylic acids is 1. The van der Waals surface area contributed by atoms with Crippen molar-refractivity contribution in [3.8, 4) is 0 Å². The highest BCUT2D eigenvalue weighted by atomic mass is 32.2. The summed E-state index contributed by atoms with van der Waals surface area (Å²) in [4.78, 5) is 50.1. The molecule has 6 atom stereocenters. The third-order valence-corrected chi connectivity index (χ3v) is 6.48. The number of nitrogens with two attached hydrogens (primary N) is 1. The number of rotatable bonds is 15. The maximum Gasteiger partial charge on any atom is 0.326 e. The molecule has 0 rings (SSSR count). The molecule has 32 heavy (non-hydrogen) atoms. The van der Waals surface area contributed by atoms with E-state index >= 15 is 0 Å². The van der Waals surface area contributed by atoms with E-state index in [9.17, 15) is 24.3 Å². The number of nitrogens with one attached hydrogen (secondary N) is 3. The molecule has 0 bridgehead atoms. The molecule has 9 nitrogen and oxygen atoms in total. The SMILES string of the molecule is CCC(C)C(NC(=O)C(N)C(C)C)C(=O)NC(C(=O)NC(CCSC)C(=O)O)C(C)CC. The molecule has 0 aliphatic rings. The van der Waals surface area contributed by atoms with Crippen LogP contribution in [-0.4, -0.2) is 65.0 Å². The molecule has 0 saturated carbocycles. The summed E-state index contributed by atoms with van der Waals surface area (Å²) < 4.78 is 0. The maximum absolute atomic E-state index is 13.1. The van der Waals surface area contributed by atoms with Gasteiger partial charge >= 0.3 is 5.97 Å². The molecule has 10 heteroatoms. The van der Waals surface area contributed by atoms with E-state index in [1.807, 2.05) is 47.8 Å². The van der Waals surface area contributed by atoms with Crippen LogP contribution in [0.2, 0.25) is 0 Å². The zero-order valence-electron chi connectivity index (χ0n) is 20.4. The number of thioether (sulfide) groups is 1. The summed E-state index contributed by atoms with van der Waals surface area (Å²) in [6.45, 7) is 11.1. The van der Waals surface area contributed by atoms with Gasteiger partial charge in [-0.1, -0.05) is 54.4 Å². The zero-order chi connectivity index (χ0) is 25.0. The Morgan fingerprint density at radius 2 is 1.28 bits per heavy atom. The average Bonchev–Trinajstić information content (AvgIpc) is 2.75. The van der Waals surface area contributed by atoms with Gasteiger partial charge in [0.15, 0.2) is 0 Å². The first-order valence-electron chi connectivity index (χ1n) is 11.3. The maximum atomic E-state index is 13.1. The lowest BCUT2D eigenvalue weighted by Crippen LogP contribution is -2.60. The van der Waals surface area contributed by atoms with Crippen LogP contribution in [0, 0.1) is 17.8 Å². The van der Waals surface area contributed by atoms with Crippen LogP contribution in [-0.2, 0) is 19.2 Å². The van der Waals surface area contributed by atoms with Crippen molar-refractivity contribution in [2.45, 2.75) is 85.0 Å². The van der Waals surface area contributed by atoms with Crippen LogP contribution in [0.1, 0.15) is 60.8 Å². The summed E-state index contributed by atoms with van der Waals surface area (Å²) in [5, 5.41) is 17.5. The van der Waals surface area contributed by atoms with E-state index in [-0.39, 0.29) is 24.2 Å². The first kappa shape index (κ1) is 30.2. The van der Waals surface area contributed by atoms with Crippen LogP contribution in [0.15, 0.2) is 0 Å². The van der Waals surface area contributed by atoms with Gasteiger partial charge in [-0.05, 0) is 36.2 Å². The number of hydrogen-bond acceptors (Lipinski definition) is 6. The quantitative estimate of drug-likeness (QED) is 0.240. The molecule has 6 unspecified atom stereocenters. The first-order chi connectivity index (χ1) is 14.9. The van der Waals surface area contributed by atoms with Gasteiger partial charge in [0.1, 0.15) is 18.1 Å². The minimum Gasteiger partial charge on any atom is -0.480 e. The van der Waals surface area contributed by atoms with Gasteiger partial charge < -0.3 is 26.8 Å². The molecule has 0 spiro atoms. The Morgan fingerprint density at radius 1 is 0.844 bits per heavy atom. The fourth-order valence-electron chi connectivity index (χ4n) is 2.95. The molecule has 0 fully saturated rings. The van der Waals surface area contributed by atoms with Crippen LogP contribution < -0.4 is 21.7 Å². The van der Waals surface area contributed by atoms with Crippen LogP contribution in [0.3, 0.4) is 0 Å². The van der Waals surface area contributed by atoms with Gasteiger partial charge in [0.2, 0.25) is 17.7 Å². The van der Waals surface area contributed by atoms with Crippen LogP contribution in [0.4, 0.5) is 0 Å². The lowest BCUT2D eigenvalue weighted by Gasteiger charge is -2.30. The molecule has 0 radical (unpaired) electrons. The minimum absolute atomic E-state index is 0.0940. The topological polar surface area (TPSA) is 151 Å². The van der Waals surface area contributed by atoms with E-state index in [0.717, 1.165) is 0 Å². The highest BCUT2D eigenvalue weighted by Gasteiger charge is 2.34. The summed E-state index contributed by atoms with van der Waals surface area (Å²) in [5.74, 6) is -2.51. The summed E-state index contributed by atoms with van der Waals surface area (Å²) in [6, 6.07) is -3.57. The van der Waals surface area contributed by atoms with E-state index in [1.54, 1.807) is 0 Å². The van der Waals surface area contributed by atoms with Gasteiger partial charge in [-0.3, -0.25) is 14.4 Å². The second-order valence-corrected chi connectivity index (χ2v) is 9.68. The lowest BCUT2D eigenvalue weighted by atomic mass is 9.94. The summed E-state index contributed by atoms with van der Waals surface area (Å²) in [5.41, 5.74) is 5.93. The molecule has 3 amide bonds. The predicted molar refractivity (Wildman–Crippen MR) is 128 cm³/mol. The molecule has 0 saturated heterocycles. The Morgan fingerprint density at radius 3 is 1.66 bits per heavy atom. The minimum atomic E-state index is -1.12. The third kappa shape index (κ3) is 9.77. The first-order valence-corrected chi connectivity index (χ1v) is 12.7. The number of hydrogen-bond donors (Lipinski definition) is 5. The number of carboxylic acid groups (broad SMARTS) is 1. The Labute approximate surface area is 196 Å². The molecule has 0 aliphatic carbocycles. The van der Waals surface area contributed by atoms with Gasteiger partial charge in [0.05, 0.1) is 6.04 Å². The fourth-order valence-corrected chi connectivity index (χ4v) is 3.43. The van der Waals surface area contributed by atoms with Crippen molar-refractivity contribution in [1.82, 2.24) is 16.0 Å². The summed E-state index contributed by atoms with van der Waals surface area (Å²) in [7, 11) is 0. The highest BCUT2D eigenvalue weighted by Crippen LogP contribution is 2.13. The predicted octanol–water partition coefficient (Wildman–Crippen LogP) is 1.35. The Kier molecular flexibility index (Phi) is 14.2.